The molecule has 0 aliphatic carbocycles. The van der Waals surface area contributed by atoms with Crippen LogP contribution in [-0.4, -0.2) is 68.5 Å². The van der Waals surface area contributed by atoms with E-state index in [1.54, 1.807) is 6.08 Å². The largest absolute Gasteiger partial charge is 0.756 e. The number of likely N-dealkylation sites (N-methyl/N-ethyl adjacent to an activating group) is 1. The molecule has 0 heterocycles. The van der Waals surface area contributed by atoms with Gasteiger partial charge in [0.2, 0.25) is 5.91 Å². The third-order valence-corrected chi connectivity index (χ3v) is 11.8. The van der Waals surface area contributed by atoms with Crippen molar-refractivity contribution in [2.75, 3.05) is 40.9 Å². The highest BCUT2D eigenvalue weighted by Gasteiger charge is 2.23. The standard InChI is InChI=1S/C49H95N2O6P/c1-6-8-10-12-14-16-18-20-21-22-23-24-25-26-27-28-29-30-31-32-34-36-38-40-42-48(52)47(46-57-58(54,55)56-45-44-51(3,4)5)50-49(53)43-41-39-37-35-33-19-17-15-13-11-9-7-2/h15,17,32,34,40,42,47-48,52H,6-14,16,18-31,33,35-39,41,43-46H2,1-5H3,(H-,50,53,54,55)/b17-15-,34-32+,42-40+. The van der Waals surface area contributed by atoms with Crippen molar-refractivity contribution >= 4 is 13.7 Å². The molecule has 0 fully saturated rings. The minimum Gasteiger partial charge on any atom is -0.756 e. The van der Waals surface area contributed by atoms with Crippen molar-refractivity contribution in [3.8, 4) is 0 Å². The van der Waals surface area contributed by atoms with Gasteiger partial charge in [-0.15, -0.1) is 0 Å². The van der Waals surface area contributed by atoms with Gasteiger partial charge in [0, 0.05) is 6.42 Å². The minimum absolute atomic E-state index is 0.00788. The highest BCUT2D eigenvalue weighted by atomic mass is 31.2. The summed E-state index contributed by atoms with van der Waals surface area (Å²) in [5.41, 5.74) is 0. The number of hydrogen-bond acceptors (Lipinski definition) is 6. The predicted molar refractivity (Wildman–Crippen MR) is 247 cm³/mol. The van der Waals surface area contributed by atoms with Gasteiger partial charge in [0.15, 0.2) is 0 Å². The lowest BCUT2D eigenvalue weighted by molar-refractivity contribution is -0.870. The van der Waals surface area contributed by atoms with E-state index in [4.69, 9.17) is 9.05 Å². The third kappa shape index (κ3) is 42.8. The lowest BCUT2D eigenvalue weighted by atomic mass is 10.0. The number of quaternary nitrogens is 1. The van der Waals surface area contributed by atoms with E-state index in [0.717, 1.165) is 57.8 Å². The Morgan fingerprint density at radius 3 is 1.43 bits per heavy atom. The molecule has 0 aromatic rings. The summed E-state index contributed by atoms with van der Waals surface area (Å²) in [5, 5.41) is 13.8. The fourth-order valence-electron chi connectivity index (χ4n) is 6.93. The maximum absolute atomic E-state index is 12.8. The molecule has 0 aromatic heterocycles. The average molecular weight is 839 g/mol. The van der Waals surface area contributed by atoms with Gasteiger partial charge in [0.05, 0.1) is 39.9 Å². The molecule has 0 aliphatic heterocycles. The lowest BCUT2D eigenvalue weighted by Crippen LogP contribution is -2.45. The number of phosphoric acid groups is 1. The summed E-state index contributed by atoms with van der Waals surface area (Å²) >= 11 is 0. The summed E-state index contributed by atoms with van der Waals surface area (Å²) in [6, 6.07) is -0.905. The highest BCUT2D eigenvalue weighted by molar-refractivity contribution is 7.45. The van der Waals surface area contributed by atoms with Crippen molar-refractivity contribution in [1.29, 1.82) is 0 Å². The van der Waals surface area contributed by atoms with Crippen LogP contribution >= 0.6 is 7.82 Å². The number of phosphoric ester groups is 1. The van der Waals surface area contributed by atoms with Crippen molar-refractivity contribution in [2.24, 2.45) is 0 Å². The molecule has 2 N–H and O–H groups in total. The predicted octanol–water partition coefficient (Wildman–Crippen LogP) is 13.2. The first-order valence-electron chi connectivity index (χ1n) is 24.4. The number of rotatable bonds is 44. The van der Waals surface area contributed by atoms with Crippen LogP contribution in [0.1, 0.15) is 219 Å². The van der Waals surface area contributed by atoms with Crippen LogP contribution in [0.25, 0.3) is 0 Å². The lowest BCUT2D eigenvalue weighted by Gasteiger charge is -2.29. The van der Waals surface area contributed by atoms with Crippen molar-refractivity contribution in [3.63, 3.8) is 0 Å². The molecule has 0 aromatic carbocycles. The Kier molecular flexibility index (Phi) is 40.2. The van der Waals surface area contributed by atoms with Gasteiger partial charge in [-0.2, -0.15) is 0 Å². The van der Waals surface area contributed by atoms with E-state index >= 15 is 0 Å². The van der Waals surface area contributed by atoms with Crippen LogP contribution < -0.4 is 10.2 Å². The number of allylic oxidation sites excluding steroid dienone is 5. The van der Waals surface area contributed by atoms with Gasteiger partial charge < -0.3 is 28.8 Å². The Hall–Kier alpha value is -1.28. The quantitative estimate of drug-likeness (QED) is 0.0274. The normalized spacial score (nSPS) is 14.5. The smallest absolute Gasteiger partial charge is 0.268 e. The van der Waals surface area contributed by atoms with Crippen LogP contribution in [0, 0.1) is 0 Å². The van der Waals surface area contributed by atoms with E-state index in [-0.39, 0.29) is 12.5 Å². The Balaban J connectivity index is 4.32. The van der Waals surface area contributed by atoms with E-state index in [9.17, 15) is 19.4 Å². The maximum atomic E-state index is 12.8. The summed E-state index contributed by atoms with van der Waals surface area (Å²) in [7, 11) is 1.24. The van der Waals surface area contributed by atoms with Crippen LogP contribution in [0.5, 0.6) is 0 Å². The molecule has 3 atom stereocenters. The molecule has 0 radical (unpaired) electrons. The Bertz CT molecular complexity index is 1040. The molecular weight excluding hydrogens is 744 g/mol. The van der Waals surface area contributed by atoms with Gasteiger partial charge in [-0.25, -0.2) is 0 Å². The minimum atomic E-state index is -4.60. The monoisotopic (exact) mass is 839 g/mol. The molecule has 342 valence electrons. The molecule has 0 bridgehead atoms. The van der Waals surface area contributed by atoms with Gasteiger partial charge in [-0.3, -0.25) is 9.36 Å². The Morgan fingerprint density at radius 1 is 0.586 bits per heavy atom. The maximum Gasteiger partial charge on any atom is 0.268 e. The van der Waals surface area contributed by atoms with Gasteiger partial charge in [-0.05, 0) is 57.8 Å². The molecule has 3 unspecified atom stereocenters. The average Bonchev–Trinajstić information content (AvgIpc) is 3.17. The van der Waals surface area contributed by atoms with E-state index < -0.39 is 26.6 Å². The number of unbranched alkanes of at least 4 members (excludes halogenated alkanes) is 27. The molecule has 0 saturated heterocycles. The number of hydrogen-bond donors (Lipinski definition) is 2. The van der Waals surface area contributed by atoms with Crippen LogP contribution in [-0.2, 0) is 18.4 Å². The fourth-order valence-corrected chi connectivity index (χ4v) is 7.65. The number of aliphatic hydroxyl groups excluding tert-OH is 1. The zero-order valence-corrected chi connectivity index (χ0v) is 39.6. The summed E-state index contributed by atoms with van der Waals surface area (Å²) in [4.78, 5) is 25.3. The Labute approximate surface area is 359 Å². The molecule has 58 heavy (non-hydrogen) atoms. The van der Waals surface area contributed by atoms with Crippen LogP contribution in [0.15, 0.2) is 36.5 Å². The number of amides is 1. The molecular formula is C49H95N2O6P. The van der Waals surface area contributed by atoms with Gasteiger partial charge in [0.25, 0.3) is 7.82 Å². The van der Waals surface area contributed by atoms with Crippen molar-refractivity contribution in [1.82, 2.24) is 5.32 Å². The number of nitrogens with one attached hydrogen (secondary N) is 1. The first kappa shape index (κ1) is 56.7. The topological polar surface area (TPSA) is 108 Å². The number of carbonyl (C=O) groups excluding carboxylic acids is 1. The second-order valence-corrected chi connectivity index (χ2v) is 19.2. The third-order valence-electron chi connectivity index (χ3n) is 10.8. The van der Waals surface area contributed by atoms with Crippen molar-refractivity contribution < 1.29 is 32.9 Å². The molecule has 0 spiro atoms. The summed E-state index contributed by atoms with van der Waals surface area (Å²) in [5.74, 6) is -0.217. The fraction of sp³-hybridized carbons (Fsp3) is 0.857. The first-order chi connectivity index (χ1) is 28.0. The van der Waals surface area contributed by atoms with Gasteiger partial charge >= 0.3 is 0 Å². The number of aliphatic hydroxyl groups is 1. The number of nitrogens with zero attached hydrogens (tertiary/aromatic N) is 1. The van der Waals surface area contributed by atoms with E-state index in [0.29, 0.717) is 17.4 Å². The van der Waals surface area contributed by atoms with Crippen molar-refractivity contribution in [3.05, 3.63) is 36.5 Å². The van der Waals surface area contributed by atoms with E-state index in [1.807, 2.05) is 27.2 Å². The molecule has 0 saturated carbocycles. The second kappa shape index (κ2) is 41.1. The van der Waals surface area contributed by atoms with Gasteiger partial charge in [0.1, 0.15) is 13.2 Å². The number of carbonyl (C=O) groups is 1. The summed E-state index contributed by atoms with van der Waals surface area (Å²) in [6.45, 7) is 4.60. The van der Waals surface area contributed by atoms with Crippen molar-refractivity contribution in [2.45, 2.75) is 231 Å². The first-order valence-corrected chi connectivity index (χ1v) is 25.8. The van der Waals surface area contributed by atoms with E-state index in [1.165, 1.54) is 141 Å². The van der Waals surface area contributed by atoms with Crippen LogP contribution in [0.2, 0.25) is 0 Å². The zero-order valence-electron chi connectivity index (χ0n) is 38.8. The SMILES string of the molecule is CCCCC/C=C\CCCCCCCC(=O)NC(COP(=O)([O-])OCC[N+](C)(C)C)C(O)/C=C/CC/C=C/CCCCCCCCCCCCCCCCCCCC. The molecule has 8 nitrogen and oxygen atoms in total. The summed E-state index contributed by atoms with van der Waals surface area (Å²) in [6.07, 6.45) is 50.7. The molecule has 0 rings (SSSR count). The molecule has 0 aliphatic rings. The summed E-state index contributed by atoms with van der Waals surface area (Å²) < 4.78 is 23.2. The molecule has 9 heteroatoms. The van der Waals surface area contributed by atoms with Crippen LogP contribution in [0.3, 0.4) is 0 Å². The Morgan fingerprint density at radius 2 is 0.966 bits per heavy atom. The highest BCUT2D eigenvalue weighted by Crippen LogP contribution is 2.38. The van der Waals surface area contributed by atoms with Gasteiger partial charge in [-0.1, -0.05) is 192 Å². The van der Waals surface area contributed by atoms with Crippen LogP contribution in [0.4, 0.5) is 0 Å². The molecule has 1 amide bonds. The van der Waals surface area contributed by atoms with E-state index in [2.05, 4.69) is 43.5 Å². The zero-order chi connectivity index (χ0) is 42.8. The second-order valence-electron chi connectivity index (χ2n) is 17.8.